The zero-order chi connectivity index (χ0) is 13.5. The number of methoxy groups -OCH3 is 1. The van der Waals surface area contributed by atoms with E-state index in [1.807, 2.05) is 24.3 Å². The molecule has 0 spiro atoms. The lowest BCUT2D eigenvalue weighted by atomic mass is 10.1. The normalized spacial score (nSPS) is 16.0. The van der Waals surface area contributed by atoms with Crippen LogP contribution in [0.3, 0.4) is 0 Å². The van der Waals surface area contributed by atoms with Gasteiger partial charge >= 0.3 is 0 Å². The molecular formula is C14H22O2S2. The molecule has 2 unspecified atom stereocenters. The number of thiol groups is 1. The fraction of sp³-hybridized carbons (Fsp3) is 0.571. The zero-order valence-corrected chi connectivity index (χ0v) is 13.0. The van der Waals surface area contributed by atoms with Gasteiger partial charge in [0.25, 0.3) is 0 Å². The predicted octanol–water partition coefficient (Wildman–Crippen LogP) is 3.54. The lowest BCUT2D eigenvalue weighted by molar-refractivity contribution is 0.414. The summed E-state index contributed by atoms with van der Waals surface area (Å²) >= 11 is 4.33. The molecule has 0 aliphatic rings. The van der Waals surface area contributed by atoms with Crippen molar-refractivity contribution in [2.75, 3.05) is 12.9 Å². The minimum atomic E-state index is -0.966. The van der Waals surface area contributed by atoms with Gasteiger partial charge in [-0.3, -0.25) is 4.21 Å². The average molecular weight is 286 g/mol. The molecule has 18 heavy (non-hydrogen) atoms. The Hall–Kier alpha value is -0.480. The summed E-state index contributed by atoms with van der Waals surface area (Å²) in [7, 11) is 0.668. The van der Waals surface area contributed by atoms with Gasteiger partial charge in [-0.05, 0) is 42.4 Å². The highest BCUT2D eigenvalue weighted by Crippen LogP contribution is 2.24. The average Bonchev–Trinajstić information content (AvgIpc) is 2.43. The van der Waals surface area contributed by atoms with E-state index in [0.29, 0.717) is 5.92 Å². The van der Waals surface area contributed by atoms with Gasteiger partial charge in [0, 0.05) is 10.1 Å². The van der Waals surface area contributed by atoms with Gasteiger partial charge in [-0.2, -0.15) is 12.6 Å². The molecule has 4 heteroatoms. The van der Waals surface area contributed by atoms with E-state index in [-0.39, 0.29) is 5.25 Å². The molecule has 3 atom stereocenters. The highest BCUT2D eigenvalue weighted by atomic mass is 32.2. The van der Waals surface area contributed by atoms with Crippen LogP contribution in [0.15, 0.2) is 29.2 Å². The Morgan fingerprint density at radius 3 is 2.39 bits per heavy atom. The molecule has 0 aromatic heterocycles. The molecule has 0 amide bonds. The first-order chi connectivity index (χ1) is 8.63. The van der Waals surface area contributed by atoms with Crippen LogP contribution in [0, 0.1) is 5.92 Å². The molecule has 1 rings (SSSR count). The zero-order valence-electron chi connectivity index (χ0n) is 11.3. The molecule has 0 bridgehead atoms. The quantitative estimate of drug-likeness (QED) is 0.776. The van der Waals surface area contributed by atoms with Crippen LogP contribution in [0.25, 0.3) is 0 Å². The number of hydrogen-bond donors (Lipinski definition) is 1. The Bertz CT molecular complexity index is 376. The van der Waals surface area contributed by atoms with Gasteiger partial charge in [-0.15, -0.1) is 0 Å². The molecule has 2 nitrogen and oxygen atoms in total. The van der Waals surface area contributed by atoms with E-state index in [4.69, 9.17) is 4.74 Å². The summed E-state index contributed by atoms with van der Waals surface area (Å²) in [6.45, 7) is 4.25. The van der Waals surface area contributed by atoms with E-state index in [1.165, 1.54) is 0 Å². The van der Waals surface area contributed by atoms with Crippen LogP contribution in [0.1, 0.15) is 26.7 Å². The molecule has 0 N–H and O–H groups in total. The second-order valence-electron chi connectivity index (χ2n) is 4.46. The van der Waals surface area contributed by atoms with Gasteiger partial charge in [0.1, 0.15) is 5.75 Å². The Kier molecular flexibility index (Phi) is 6.79. The summed E-state index contributed by atoms with van der Waals surface area (Å²) in [5.74, 6) is 1.92. The first-order valence-corrected chi connectivity index (χ1v) is 8.14. The van der Waals surface area contributed by atoms with Gasteiger partial charge in [0.05, 0.1) is 17.9 Å². The van der Waals surface area contributed by atoms with Gasteiger partial charge in [0.15, 0.2) is 0 Å². The van der Waals surface area contributed by atoms with Crippen LogP contribution in [0.5, 0.6) is 5.75 Å². The standard InChI is InChI=1S/C14H22O2S2/c1-4-5-14(11(2)10-17)18(15)13-8-6-12(16-3)7-9-13/h6-9,11,14,17H,4-5,10H2,1-3H3/t11-,14?,18?/m1/s1. The van der Waals surface area contributed by atoms with Crippen LogP contribution in [-0.4, -0.2) is 22.3 Å². The molecule has 102 valence electrons. The first kappa shape index (κ1) is 15.6. The molecular weight excluding hydrogens is 264 g/mol. The van der Waals surface area contributed by atoms with Gasteiger partial charge in [-0.1, -0.05) is 20.3 Å². The molecule has 0 radical (unpaired) electrons. The summed E-state index contributed by atoms with van der Waals surface area (Å²) in [6.07, 6.45) is 2.02. The van der Waals surface area contributed by atoms with E-state index < -0.39 is 10.8 Å². The number of ether oxygens (including phenoxy) is 1. The van der Waals surface area contributed by atoms with E-state index in [2.05, 4.69) is 26.5 Å². The van der Waals surface area contributed by atoms with Crippen molar-refractivity contribution in [3.8, 4) is 5.75 Å². The third-order valence-corrected chi connectivity index (χ3v) is 5.63. The number of hydrogen-bond acceptors (Lipinski definition) is 3. The van der Waals surface area contributed by atoms with Gasteiger partial charge < -0.3 is 4.74 Å². The van der Waals surface area contributed by atoms with Crippen molar-refractivity contribution < 1.29 is 8.95 Å². The fourth-order valence-corrected chi connectivity index (χ4v) is 4.01. The van der Waals surface area contributed by atoms with Gasteiger partial charge in [0.2, 0.25) is 0 Å². The van der Waals surface area contributed by atoms with E-state index >= 15 is 0 Å². The second-order valence-corrected chi connectivity index (χ2v) is 6.50. The van der Waals surface area contributed by atoms with E-state index in [1.54, 1.807) is 7.11 Å². The Labute approximate surface area is 118 Å². The van der Waals surface area contributed by atoms with Crippen molar-refractivity contribution in [3.63, 3.8) is 0 Å². The van der Waals surface area contributed by atoms with Crippen LogP contribution in [0.2, 0.25) is 0 Å². The Balaban J connectivity index is 2.87. The van der Waals surface area contributed by atoms with Crippen LogP contribution in [0.4, 0.5) is 0 Å². The van der Waals surface area contributed by atoms with Crippen LogP contribution < -0.4 is 4.74 Å². The maximum atomic E-state index is 12.6. The monoisotopic (exact) mass is 286 g/mol. The SMILES string of the molecule is CCCC([C@H](C)CS)S(=O)c1ccc(OC)cc1. The highest BCUT2D eigenvalue weighted by molar-refractivity contribution is 7.85. The summed E-state index contributed by atoms with van der Waals surface area (Å²) in [4.78, 5) is 0.878. The van der Waals surface area contributed by atoms with Gasteiger partial charge in [-0.25, -0.2) is 0 Å². The summed E-state index contributed by atoms with van der Waals surface area (Å²) in [5.41, 5.74) is 0. The maximum absolute atomic E-state index is 12.6. The number of rotatable bonds is 7. The smallest absolute Gasteiger partial charge is 0.118 e. The fourth-order valence-electron chi connectivity index (χ4n) is 1.89. The van der Waals surface area contributed by atoms with Crippen molar-refractivity contribution in [1.82, 2.24) is 0 Å². The van der Waals surface area contributed by atoms with Crippen molar-refractivity contribution in [2.45, 2.75) is 36.8 Å². The van der Waals surface area contributed by atoms with E-state index in [9.17, 15) is 4.21 Å². The first-order valence-electron chi connectivity index (χ1n) is 6.29. The molecule has 1 aromatic carbocycles. The predicted molar refractivity (Wildman–Crippen MR) is 81.1 cm³/mol. The third-order valence-electron chi connectivity index (χ3n) is 3.06. The molecule has 0 aliphatic carbocycles. The summed E-state index contributed by atoms with van der Waals surface area (Å²) in [5, 5.41) is 0.181. The maximum Gasteiger partial charge on any atom is 0.118 e. The minimum Gasteiger partial charge on any atom is -0.497 e. The molecule has 1 aromatic rings. The van der Waals surface area contributed by atoms with Crippen molar-refractivity contribution in [3.05, 3.63) is 24.3 Å². The van der Waals surface area contributed by atoms with Crippen LogP contribution >= 0.6 is 12.6 Å². The third kappa shape index (κ3) is 4.02. The van der Waals surface area contributed by atoms with E-state index in [0.717, 1.165) is 29.2 Å². The Morgan fingerprint density at radius 2 is 1.94 bits per heavy atom. The molecule has 0 heterocycles. The van der Waals surface area contributed by atoms with Crippen molar-refractivity contribution in [2.24, 2.45) is 5.92 Å². The Morgan fingerprint density at radius 1 is 1.33 bits per heavy atom. The van der Waals surface area contributed by atoms with Crippen LogP contribution in [-0.2, 0) is 10.8 Å². The molecule has 0 saturated carbocycles. The lowest BCUT2D eigenvalue weighted by Gasteiger charge is -2.21. The minimum absolute atomic E-state index is 0.181. The molecule has 0 fully saturated rings. The second kappa shape index (κ2) is 7.85. The summed E-state index contributed by atoms with van der Waals surface area (Å²) < 4.78 is 17.7. The van der Waals surface area contributed by atoms with Crippen molar-refractivity contribution >= 4 is 23.4 Å². The lowest BCUT2D eigenvalue weighted by Crippen LogP contribution is -2.25. The van der Waals surface area contributed by atoms with Crippen molar-refractivity contribution in [1.29, 1.82) is 0 Å². The topological polar surface area (TPSA) is 26.3 Å². The largest absolute Gasteiger partial charge is 0.497 e. The molecule has 0 saturated heterocycles. The molecule has 0 aliphatic heterocycles. The summed E-state index contributed by atoms with van der Waals surface area (Å²) in [6, 6.07) is 7.51. The number of benzene rings is 1. The highest BCUT2D eigenvalue weighted by Gasteiger charge is 2.23.